The van der Waals surface area contributed by atoms with Crippen molar-refractivity contribution < 1.29 is 13.6 Å². The van der Waals surface area contributed by atoms with Crippen LogP contribution in [0.4, 0.5) is 10.1 Å². The molecule has 0 saturated carbocycles. The van der Waals surface area contributed by atoms with Crippen molar-refractivity contribution >= 4 is 11.6 Å². The number of amides is 1. The van der Waals surface area contributed by atoms with Gasteiger partial charge < -0.3 is 9.73 Å². The van der Waals surface area contributed by atoms with Crippen LogP contribution in [0, 0.1) is 5.82 Å². The minimum Gasteiger partial charge on any atom is -0.468 e. The third kappa shape index (κ3) is 5.04. The minimum atomic E-state index is -0.316. The van der Waals surface area contributed by atoms with Gasteiger partial charge in [0.25, 0.3) is 0 Å². The quantitative estimate of drug-likeness (QED) is 0.851. The number of nitrogens with zero attached hydrogens (tertiary/aromatic N) is 1. The summed E-state index contributed by atoms with van der Waals surface area (Å²) in [6, 6.07) is 9.52. The lowest BCUT2D eigenvalue weighted by atomic mass is 10.3. The number of hydrogen-bond donors (Lipinski definition) is 1. The van der Waals surface area contributed by atoms with E-state index in [0.29, 0.717) is 25.2 Å². The van der Waals surface area contributed by atoms with Gasteiger partial charge in [0.05, 0.1) is 12.8 Å². The molecule has 1 N–H and O–H groups in total. The second-order valence-electron chi connectivity index (χ2n) is 4.75. The van der Waals surface area contributed by atoms with Crippen molar-refractivity contribution in [3.8, 4) is 0 Å². The summed E-state index contributed by atoms with van der Waals surface area (Å²) in [5, 5.41) is 2.75. The molecule has 1 amide bonds. The third-order valence-electron chi connectivity index (χ3n) is 3.19. The molecule has 0 spiro atoms. The van der Waals surface area contributed by atoms with Gasteiger partial charge in [-0.3, -0.25) is 9.69 Å². The Hall–Kier alpha value is -2.14. The fraction of sp³-hybridized carbons (Fsp3) is 0.312. The Labute approximate surface area is 123 Å². The zero-order valence-electron chi connectivity index (χ0n) is 12.0. The maximum Gasteiger partial charge on any atom is 0.225 e. The Morgan fingerprint density at radius 2 is 2.05 bits per heavy atom. The normalized spacial score (nSPS) is 10.8. The highest BCUT2D eigenvalue weighted by atomic mass is 19.1. The van der Waals surface area contributed by atoms with Crippen LogP contribution >= 0.6 is 0 Å². The first-order valence-electron chi connectivity index (χ1n) is 6.97. The molecule has 0 atom stereocenters. The van der Waals surface area contributed by atoms with Gasteiger partial charge >= 0.3 is 0 Å². The maximum absolute atomic E-state index is 12.8. The van der Waals surface area contributed by atoms with Crippen molar-refractivity contribution in [1.82, 2.24) is 4.90 Å². The van der Waals surface area contributed by atoms with Crippen LogP contribution < -0.4 is 5.32 Å². The summed E-state index contributed by atoms with van der Waals surface area (Å²) in [4.78, 5) is 14.0. The summed E-state index contributed by atoms with van der Waals surface area (Å²) in [5.74, 6) is 0.485. The Morgan fingerprint density at radius 3 is 2.67 bits per heavy atom. The minimum absolute atomic E-state index is 0.0838. The number of benzene rings is 1. The summed E-state index contributed by atoms with van der Waals surface area (Å²) in [7, 11) is 0. The highest BCUT2D eigenvalue weighted by molar-refractivity contribution is 5.90. The summed E-state index contributed by atoms with van der Waals surface area (Å²) < 4.78 is 18.1. The van der Waals surface area contributed by atoms with Gasteiger partial charge in [-0.1, -0.05) is 6.92 Å². The van der Waals surface area contributed by atoms with Crippen LogP contribution in [0.15, 0.2) is 47.1 Å². The number of rotatable bonds is 7. The van der Waals surface area contributed by atoms with E-state index < -0.39 is 0 Å². The molecular weight excluding hydrogens is 271 g/mol. The lowest BCUT2D eigenvalue weighted by Gasteiger charge is -2.18. The number of nitrogens with one attached hydrogen (secondary N) is 1. The van der Waals surface area contributed by atoms with Crippen LogP contribution in [-0.4, -0.2) is 23.9 Å². The van der Waals surface area contributed by atoms with Gasteiger partial charge in [-0.2, -0.15) is 0 Å². The molecule has 0 unspecified atom stereocenters. The maximum atomic E-state index is 12.8. The highest BCUT2D eigenvalue weighted by Crippen LogP contribution is 2.09. The van der Waals surface area contributed by atoms with Gasteiger partial charge in [-0.25, -0.2) is 4.39 Å². The standard InChI is InChI=1S/C16H19FN2O2/c1-2-19(12-15-4-3-11-21-15)10-9-16(20)18-14-7-5-13(17)6-8-14/h3-8,11H,2,9-10,12H2,1H3,(H,18,20). The SMILES string of the molecule is CCN(CCC(=O)Nc1ccc(F)cc1)Cc1ccco1. The van der Waals surface area contributed by atoms with E-state index in [4.69, 9.17) is 4.42 Å². The van der Waals surface area contributed by atoms with E-state index in [1.807, 2.05) is 19.1 Å². The average Bonchev–Trinajstić information content (AvgIpc) is 2.99. The van der Waals surface area contributed by atoms with E-state index in [9.17, 15) is 9.18 Å². The number of anilines is 1. The molecule has 4 nitrogen and oxygen atoms in total. The van der Waals surface area contributed by atoms with Crippen molar-refractivity contribution in [3.63, 3.8) is 0 Å². The lowest BCUT2D eigenvalue weighted by molar-refractivity contribution is -0.116. The van der Waals surface area contributed by atoms with Gasteiger partial charge in [0.15, 0.2) is 0 Å². The second kappa shape index (κ2) is 7.59. The van der Waals surface area contributed by atoms with Gasteiger partial charge in [-0.05, 0) is 42.9 Å². The van der Waals surface area contributed by atoms with E-state index >= 15 is 0 Å². The van der Waals surface area contributed by atoms with E-state index in [0.717, 1.165) is 12.3 Å². The summed E-state index contributed by atoms with van der Waals surface area (Å²) in [6.07, 6.45) is 2.02. The molecule has 2 aromatic rings. The first-order chi connectivity index (χ1) is 10.2. The average molecular weight is 290 g/mol. The largest absolute Gasteiger partial charge is 0.468 e. The van der Waals surface area contributed by atoms with Crippen molar-refractivity contribution in [2.45, 2.75) is 19.9 Å². The molecular formula is C16H19FN2O2. The zero-order chi connectivity index (χ0) is 15.1. The molecule has 0 aliphatic carbocycles. The van der Waals surface area contributed by atoms with Crippen LogP contribution in [-0.2, 0) is 11.3 Å². The Balaban J connectivity index is 1.78. The molecule has 2 rings (SSSR count). The molecule has 1 aromatic carbocycles. The van der Waals surface area contributed by atoms with Crippen LogP contribution in [0.25, 0.3) is 0 Å². The third-order valence-corrected chi connectivity index (χ3v) is 3.19. The van der Waals surface area contributed by atoms with Gasteiger partial charge in [-0.15, -0.1) is 0 Å². The summed E-state index contributed by atoms with van der Waals surface area (Å²) >= 11 is 0. The number of furan rings is 1. The van der Waals surface area contributed by atoms with Crippen LogP contribution in [0.1, 0.15) is 19.1 Å². The predicted molar refractivity (Wildman–Crippen MR) is 79.3 cm³/mol. The van der Waals surface area contributed by atoms with E-state index in [2.05, 4.69) is 10.2 Å². The molecule has 0 aliphatic heterocycles. The summed E-state index contributed by atoms with van der Waals surface area (Å²) in [6.45, 7) is 4.21. The number of hydrogen-bond acceptors (Lipinski definition) is 3. The second-order valence-corrected chi connectivity index (χ2v) is 4.75. The number of carbonyl (C=O) groups excluding carboxylic acids is 1. The van der Waals surface area contributed by atoms with Gasteiger partial charge in [0, 0.05) is 18.7 Å². The Kier molecular flexibility index (Phi) is 5.51. The highest BCUT2D eigenvalue weighted by Gasteiger charge is 2.09. The smallest absolute Gasteiger partial charge is 0.225 e. The first-order valence-corrected chi connectivity index (χ1v) is 6.97. The molecule has 112 valence electrons. The zero-order valence-corrected chi connectivity index (χ0v) is 12.0. The first kappa shape index (κ1) is 15.3. The van der Waals surface area contributed by atoms with E-state index in [1.165, 1.54) is 12.1 Å². The van der Waals surface area contributed by atoms with Crippen molar-refractivity contribution in [1.29, 1.82) is 0 Å². The molecule has 1 heterocycles. The van der Waals surface area contributed by atoms with Crippen molar-refractivity contribution in [2.24, 2.45) is 0 Å². The van der Waals surface area contributed by atoms with E-state index in [1.54, 1.807) is 18.4 Å². The van der Waals surface area contributed by atoms with Crippen molar-refractivity contribution in [3.05, 3.63) is 54.2 Å². The molecule has 0 saturated heterocycles. The van der Waals surface area contributed by atoms with Gasteiger partial charge in [0.1, 0.15) is 11.6 Å². The predicted octanol–water partition coefficient (Wildman–Crippen LogP) is 3.27. The molecule has 21 heavy (non-hydrogen) atoms. The van der Waals surface area contributed by atoms with E-state index in [-0.39, 0.29) is 11.7 Å². The molecule has 0 radical (unpaired) electrons. The molecule has 0 aliphatic rings. The lowest BCUT2D eigenvalue weighted by Crippen LogP contribution is -2.27. The fourth-order valence-electron chi connectivity index (χ4n) is 1.99. The molecule has 5 heteroatoms. The van der Waals surface area contributed by atoms with Crippen LogP contribution in [0.3, 0.4) is 0 Å². The Bertz CT molecular complexity index is 552. The molecule has 0 bridgehead atoms. The number of halogens is 1. The monoisotopic (exact) mass is 290 g/mol. The van der Waals surface area contributed by atoms with Crippen molar-refractivity contribution in [2.75, 3.05) is 18.4 Å². The molecule has 1 aromatic heterocycles. The molecule has 0 fully saturated rings. The fourth-order valence-corrected chi connectivity index (χ4v) is 1.99. The van der Waals surface area contributed by atoms with Crippen LogP contribution in [0.5, 0.6) is 0 Å². The summed E-state index contributed by atoms with van der Waals surface area (Å²) in [5.41, 5.74) is 0.607. The van der Waals surface area contributed by atoms with Gasteiger partial charge in [0.2, 0.25) is 5.91 Å². The van der Waals surface area contributed by atoms with Crippen LogP contribution in [0.2, 0.25) is 0 Å². The number of carbonyl (C=O) groups is 1. The Morgan fingerprint density at radius 1 is 1.29 bits per heavy atom. The topological polar surface area (TPSA) is 45.5 Å².